The molecule has 0 spiro atoms. The van der Waals surface area contributed by atoms with Crippen LogP contribution >= 0.6 is 0 Å². The van der Waals surface area contributed by atoms with Crippen molar-refractivity contribution in [3.8, 4) is 5.69 Å². The number of carbonyl (C=O) groups excluding carboxylic acids is 1. The molecular formula is C19H18F2N4O. The van der Waals surface area contributed by atoms with Gasteiger partial charge in [-0.15, -0.1) is 0 Å². The molecular weight excluding hydrogens is 338 g/mol. The van der Waals surface area contributed by atoms with Crippen LogP contribution in [0.25, 0.3) is 16.6 Å². The molecule has 5 nitrogen and oxygen atoms in total. The highest BCUT2D eigenvalue weighted by molar-refractivity contribution is 6.04. The molecule has 1 unspecified atom stereocenters. The molecule has 134 valence electrons. The molecule has 4 rings (SSSR count). The van der Waals surface area contributed by atoms with Crippen LogP contribution in [0.1, 0.15) is 28.8 Å². The Morgan fingerprint density at radius 2 is 2.15 bits per heavy atom. The maximum absolute atomic E-state index is 15.0. The first-order valence-electron chi connectivity index (χ1n) is 8.46. The fourth-order valence-corrected chi connectivity index (χ4v) is 3.48. The fourth-order valence-electron chi connectivity index (χ4n) is 3.48. The number of piperidine rings is 1. The number of amides is 1. The fraction of sp³-hybridized carbons (Fsp3) is 0.263. The van der Waals surface area contributed by atoms with Crippen LogP contribution in [0.15, 0.2) is 42.6 Å². The van der Waals surface area contributed by atoms with Gasteiger partial charge >= 0.3 is 0 Å². The molecule has 1 atom stereocenters. The van der Waals surface area contributed by atoms with E-state index in [1.807, 2.05) is 0 Å². The Kier molecular flexibility index (Phi) is 3.96. The van der Waals surface area contributed by atoms with Crippen molar-refractivity contribution in [2.24, 2.45) is 5.73 Å². The number of nitrogens with one attached hydrogen (secondary N) is 1. The van der Waals surface area contributed by atoms with E-state index in [-0.39, 0.29) is 12.1 Å². The molecule has 1 aliphatic rings. The second-order valence-corrected chi connectivity index (χ2v) is 6.59. The topological polar surface area (TPSA) is 72.9 Å². The number of benzene rings is 2. The zero-order chi connectivity index (χ0) is 18.3. The lowest BCUT2D eigenvalue weighted by Gasteiger charge is -2.30. The summed E-state index contributed by atoms with van der Waals surface area (Å²) in [5.41, 5.74) is 4.93. The number of rotatable bonds is 3. The van der Waals surface area contributed by atoms with E-state index in [0.717, 1.165) is 6.54 Å². The molecule has 0 bridgehead atoms. The number of nitrogens with two attached hydrogens (primary N) is 1. The highest BCUT2D eigenvalue weighted by Gasteiger charge is 2.36. The van der Waals surface area contributed by atoms with Gasteiger partial charge in [0.2, 0.25) is 0 Å². The number of primary amides is 1. The van der Waals surface area contributed by atoms with Crippen molar-refractivity contribution >= 4 is 16.8 Å². The number of halogens is 2. The maximum Gasteiger partial charge on any atom is 0.250 e. The molecule has 0 radical (unpaired) electrons. The molecule has 1 aliphatic heterocycles. The van der Waals surface area contributed by atoms with Gasteiger partial charge in [0.25, 0.3) is 5.91 Å². The average Bonchev–Trinajstić information content (AvgIpc) is 3.06. The number of nitrogens with zero attached hydrogens (tertiary/aromatic N) is 2. The SMILES string of the molecule is NC(=O)c1cccc2cn(-c3ccc(C4(F)CCCNC4)c(F)c3)nc12. The van der Waals surface area contributed by atoms with Crippen LogP contribution in [0.4, 0.5) is 8.78 Å². The summed E-state index contributed by atoms with van der Waals surface area (Å²) in [6, 6.07) is 9.46. The van der Waals surface area contributed by atoms with E-state index in [1.165, 1.54) is 16.8 Å². The Morgan fingerprint density at radius 1 is 1.31 bits per heavy atom. The Morgan fingerprint density at radius 3 is 2.85 bits per heavy atom. The van der Waals surface area contributed by atoms with E-state index in [4.69, 9.17) is 5.73 Å². The van der Waals surface area contributed by atoms with Crippen LogP contribution in [-0.2, 0) is 5.67 Å². The van der Waals surface area contributed by atoms with Crippen molar-refractivity contribution in [2.45, 2.75) is 18.5 Å². The van der Waals surface area contributed by atoms with Crippen molar-refractivity contribution in [3.05, 3.63) is 59.5 Å². The summed E-state index contributed by atoms with van der Waals surface area (Å²) in [6.07, 6.45) is 2.64. The predicted octanol–water partition coefficient (Wildman–Crippen LogP) is 2.81. The van der Waals surface area contributed by atoms with Crippen LogP contribution in [0.3, 0.4) is 0 Å². The lowest BCUT2D eigenvalue weighted by atomic mass is 9.88. The van der Waals surface area contributed by atoms with Gasteiger partial charge in [-0.05, 0) is 37.6 Å². The number of hydrogen-bond acceptors (Lipinski definition) is 3. The smallest absolute Gasteiger partial charge is 0.250 e. The monoisotopic (exact) mass is 356 g/mol. The zero-order valence-corrected chi connectivity index (χ0v) is 14.0. The minimum atomic E-state index is -1.70. The first-order valence-corrected chi connectivity index (χ1v) is 8.46. The number of fused-ring (bicyclic) bond motifs is 1. The third kappa shape index (κ3) is 2.74. The highest BCUT2D eigenvalue weighted by atomic mass is 19.1. The summed E-state index contributed by atoms with van der Waals surface area (Å²) in [5.74, 6) is -1.19. The van der Waals surface area contributed by atoms with Crippen LogP contribution < -0.4 is 11.1 Å². The maximum atomic E-state index is 15.0. The van der Waals surface area contributed by atoms with E-state index in [9.17, 15) is 9.18 Å². The largest absolute Gasteiger partial charge is 0.366 e. The Hall–Kier alpha value is -2.80. The van der Waals surface area contributed by atoms with Gasteiger partial charge in [-0.25, -0.2) is 13.5 Å². The Balaban J connectivity index is 1.75. The second kappa shape index (κ2) is 6.17. The summed E-state index contributed by atoms with van der Waals surface area (Å²) >= 11 is 0. The van der Waals surface area contributed by atoms with Crippen molar-refractivity contribution in [3.63, 3.8) is 0 Å². The summed E-state index contributed by atoms with van der Waals surface area (Å²) in [4.78, 5) is 11.5. The summed E-state index contributed by atoms with van der Waals surface area (Å²) in [6.45, 7) is 0.852. The van der Waals surface area contributed by atoms with Crippen LogP contribution in [0.2, 0.25) is 0 Å². The quantitative estimate of drug-likeness (QED) is 0.758. The standard InChI is InChI=1S/C19H18F2N4O/c20-16-9-13(5-6-15(16)19(21)7-2-8-23-11-19)25-10-12-3-1-4-14(18(22)26)17(12)24-25/h1,3-6,9-10,23H,2,7-8,11H2,(H2,22,26). The van der Waals surface area contributed by atoms with E-state index < -0.39 is 17.4 Å². The third-order valence-electron chi connectivity index (χ3n) is 4.83. The van der Waals surface area contributed by atoms with Gasteiger partial charge in [0.1, 0.15) is 11.3 Å². The first kappa shape index (κ1) is 16.7. The molecule has 0 aliphatic carbocycles. The normalized spacial score (nSPS) is 20.4. The van der Waals surface area contributed by atoms with Crippen molar-refractivity contribution < 1.29 is 13.6 Å². The lowest BCUT2D eigenvalue weighted by Crippen LogP contribution is -2.40. The molecule has 3 aromatic rings. The molecule has 3 N–H and O–H groups in total. The molecule has 1 fully saturated rings. The minimum Gasteiger partial charge on any atom is -0.366 e. The van der Waals surface area contributed by atoms with Crippen LogP contribution in [0.5, 0.6) is 0 Å². The molecule has 1 aromatic heterocycles. The Labute approximate surface area is 148 Å². The molecule has 1 saturated heterocycles. The summed E-state index contributed by atoms with van der Waals surface area (Å²) in [5, 5.41) is 8.04. The molecule has 2 aromatic carbocycles. The third-order valence-corrected chi connectivity index (χ3v) is 4.83. The van der Waals surface area contributed by atoms with Crippen molar-refractivity contribution in [1.29, 1.82) is 0 Å². The minimum absolute atomic E-state index is 0.0583. The molecule has 1 amide bonds. The van der Waals surface area contributed by atoms with Crippen LogP contribution in [-0.4, -0.2) is 28.8 Å². The van der Waals surface area contributed by atoms with E-state index in [1.54, 1.807) is 30.5 Å². The van der Waals surface area contributed by atoms with E-state index >= 15 is 4.39 Å². The van der Waals surface area contributed by atoms with Crippen LogP contribution in [0, 0.1) is 5.82 Å². The summed E-state index contributed by atoms with van der Waals surface area (Å²) < 4.78 is 31.1. The molecule has 26 heavy (non-hydrogen) atoms. The lowest BCUT2D eigenvalue weighted by molar-refractivity contribution is 0.100. The van der Waals surface area contributed by atoms with Crippen molar-refractivity contribution in [1.82, 2.24) is 15.1 Å². The summed E-state index contributed by atoms with van der Waals surface area (Å²) in [7, 11) is 0. The van der Waals surface area contributed by atoms with E-state index in [0.29, 0.717) is 35.0 Å². The van der Waals surface area contributed by atoms with Crippen molar-refractivity contribution in [2.75, 3.05) is 13.1 Å². The van der Waals surface area contributed by atoms with Gasteiger partial charge in [-0.3, -0.25) is 4.79 Å². The number of hydrogen-bond donors (Lipinski definition) is 2. The van der Waals surface area contributed by atoms with Gasteiger partial charge in [-0.1, -0.05) is 18.2 Å². The van der Waals surface area contributed by atoms with E-state index in [2.05, 4.69) is 10.4 Å². The molecule has 0 saturated carbocycles. The van der Waals surface area contributed by atoms with Gasteiger partial charge in [0.05, 0.1) is 11.3 Å². The zero-order valence-electron chi connectivity index (χ0n) is 14.0. The number of carbonyl (C=O) groups is 1. The van der Waals surface area contributed by atoms with Gasteiger partial charge in [0.15, 0.2) is 5.67 Å². The highest BCUT2D eigenvalue weighted by Crippen LogP contribution is 2.35. The molecule has 7 heteroatoms. The van der Waals surface area contributed by atoms with Gasteiger partial charge in [-0.2, -0.15) is 5.10 Å². The first-order chi connectivity index (χ1) is 12.5. The number of alkyl halides is 1. The average molecular weight is 356 g/mol. The second-order valence-electron chi connectivity index (χ2n) is 6.59. The number of aromatic nitrogens is 2. The Bertz CT molecular complexity index is 992. The van der Waals surface area contributed by atoms with Gasteiger partial charge in [0, 0.05) is 23.7 Å². The molecule has 2 heterocycles. The predicted molar refractivity (Wildman–Crippen MR) is 94.4 cm³/mol. The van der Waals surface area contributed by atoms with Gasteiger partial charge < -0.3 is 11.1 Å².